The summed E-state index contributed by atoms with van der Waals surface area (Å²) < 4.78 is 34.6. The molecule has 0 aromatic rings. The van der Waals surface area contributed by atoms with Crippen LogP contribution in [-0.2, 0) is 23.8 Å². The molecule has 2 unspecified atom stereocenters. The Morgan fingerprint density at radius 2 is 1.97 bits per heavy atom. The van der Waals surface area contributed by atoms with Crippen LogP contribution in [0.3, 0.4) is 0 Å². The Bertz CT molecular complexity index is 1040. The second-order valence-corrected chi connectivity index (χ2v) is 11.6. The summed E-state index contributed by atoms with van der Waals surface area (Å²) in [5.41, 5.74) is -6.10. The van der Waals surface area contributed by atoms with Crippen LogP contribution in [0.25, 0.3) is 0 Å². The minimum Gasteiger partial charge on any atom is -0.446 e. The van der Waals surface area contributed by atoms with Crippen LogP contribution in [0.1, 0.15) is 53.4 Å². The SMILES string of the molecule is CC1(C)O[C@@H]2CC3C4CC=C5CC(=O)C=C[C@]5(C)[C@@]4(F)[C@@H](O)C[C@]3(C)[C@]2(C(=O)COC(=O)Cl)O1. The van der Waals surface area contributed by atoms with Crippen molar-refractivity contribution >= 4 is 28.6 Å². The van der Waals surface area contributed by atoms with Gasteiger partial charge in [-0.05, 0) is 52.0 Å². The first kappa shape index (κ1) is 24.1. The highest BCUT2D eigenvalue weighted by Crippen LogP contribution is 2.71. The van der Waals surface area contributed by atoms with Gasteiger partial charge in [-0.3, -0.25) is 9.59 Å². The van der Waals surface area contributed by atoms with Crippen molar-refractivity contribution in [2.24, 2.45) is 22.7 Å². The summed E-state index contributed by atoms with van der Waals surface area (Å²) in [7, 11) is 0. The molecule has 1 saturated heterocycles. The normalized spacial score (nSPS) is 48.3. The molecular weight excluding hydrogens is 467 g/mol. The largest absolute Gasteiger partial charge is 0.446 e. The fourth-order valence-electron chi connectivity index (χ4n) is 7.94. The summed E-state index contributed by atoms with van der Waals surface area (Å²) in [4.78, 5) is 36.8. The molecule has 0 spiro atoms. The van der Waals surface area contributed by atoms with Crippen LogP contribution in [0.5, 0.6) is 0 Å². The molecule has 2 saturated carbocycles. The first-order chi connectivity index (χ1) is 15.7. The smallest absolute Gasteiger partial charge is 0.404 e. The summed E-state index contributed by atoms with van der Waals surface area (Å²) in [5.74, 6) is -2.68. The zero-order valence-corrected chi connectivity index (χ0v) is 20.5. The first-order valence-electron chi connectivity index (χ1n) is 11.7. The lowest BCUT2D eigenvalue weighted by Gasteiger charge is -2.62. The number of carbonyl (C=O) groups excluding carboxylic acids is 3. The number of ketones is 2. The molecule has 8 atom stereocenters. The van der Waals surface area contributed by atoms with E-state index in [1.165, 1.54) is 6.08 Å². The first-order valence-corrected chi connectivity index (χ1v) is 12.1. The highest BCUT2D eigenvalue weighted by Gasteiger charge is 2.79. The molecule has 3 fully saturated rings. The quantitative estimate of drug-likeness (QED) is 0.468. The second kappa shape index (κ2) is 7.21. The molecule has 7 nitrogen and oxygen atoms in total. The molecule has 5 rings (SSSR count). The Labute approximate surface area is 202 Å². The highest BCUT2D eigenvalue weighted by atomic mass is 35.5. The minimum atomic E-state index is -2.03. The van der Waals surface area contributed by atoms with Gasteiger partial charge in [0, 0.05) is 34.8 Å². The number of hydrogen-bond acceptors (Lipinski definition) is 7. The van der Waals surface area contributed by atoms with Crippen molar-refractivity contribution in [3.05, 3.63) is 23.8 Å². The van der Waals surface area contributed by atoms with Crippen molar-refractivity contribution in [2.75, 3.05) is 6.61 Å². The summed E-state index contributed by atoms with van der Waals surface area (Å²) in [6, 6.07) is 0. The van der Waals surface area contributed by atoms with Gasteiger partial charge in [0.05, 0.1) is 12.2 Å². The van der Waals surface area contributed by atoms with Crippen molar-refractivity contribution in [2.45, 2.75) is 82.6 Å². The maximum atomic E-state index is 17.3. The monoisotopic (exact) mass is 496 g/mol. The number of ether oxygens (including phenoxy) is 3. The van der Waals surface area contributed by atoms with Gasteiger partial charge < -0.3 is 19.3 Å². The third-order valence-electron chi connectivity index (χ3n) is 9.33. The fourth-order valence-corrected chi connectivity index (χ4v) is 8.00. The van der Waals surface area contributed by atoms with Gasteiger partial charge in [0.1, 0.15) is 0 Å². The van der Waals surface area contributed by atoms with E-state index in [2.05, 4.69) is 0 Å². The van der Waals surface area contributed by atoms with E-state index < -0.39 is 63.8 Å². The maximum Gasteiger partial charge on any atom is 0.404 e. The number of fused-ring (bicyclic) bond motifs is 7. The molecule has 9 heteroatoms. The Balaban J connectivity index is 1.60. The third kappa shape index (κ3) is 2.83. The van der Waals surface area contributed by atoms with Gasteiger partial charge in [-0.15, -0.1) is 0 Å². The van der Waals surface area contributed by atoms with Crippen molar-refractivity contribution < 1.29 is 38.1 Å². The lowest BCUT2D eigenvalue weighted by atomic mass is 9.45. The van der Waals surface area contributed by atoms with E-state index in [0.717, 1.165) is 0 Å². The predicted molar refractivity (Wildman–Crippen MR) is 119 cm³/mol. The van der Waals surface area contributed by atoms with Crippen molar-refractivity contribution in [3.63, 3.8) is 0 Å². The van der Waals surface area contributed by atoms with Crippen LogP contribution < -0.4 is 0 Å². The van der Waals surface area contributed by atoms with Gasteiger partial charge in [-0.1, -0.05) is 24.6 Å². The van der Waals surface area contributed by atoms with Crippen LogP contribution in [0, 0.1) is 22.7 Å². The number of aliphatic hydroxyl groups excluding tert-OH is 1. The van der Waals surface area contributed by atoms with E-state index in [-0.39, 0.29) is 24.5 Å². The molecule has 34 heavy (non-hydrogen) atoms. The lowest BCUT2D eigenvalue weighted by molar-refractivity contribution is -0.243. The Morgan fingerprint density at radius 1 is 1.26 bits per heavy atom. The van der Waals surface area contributed by atoms with Crippen molar-refractivity contribution in [1.29, 1.82) is 0 Å². The Kier molecular flexibility index (Phi) is 5.11. The van der Waals surface area contributed by atoms with Crippen LogP contribution in [0.15, 0.2) is 23.8 Å². The molecule has 0 aromatic carbocycles. The van der Waals surface area contributed by atoms with Gasteiger partial charge in [0.25, 0.3) is 0 Å². The van der Waals surface area contributed by atoms with E-state index in [1.54, 1.807) is 26.8 Å². The van der Waals surface area contributed by atoms with Crippen LogP contribution >= 0.6 is 11.6 Å². The third-order valence-corrected chi connectivity index (χ3v) is 9.44. The topological polar surface area (TPSA) is 99.1 Å². The molecule has 1 heterocycles. The second-order valence-electron chi connectivity index (χ2n) is 11.3. The zero-order chi connectivity index (χ0) is 24.9. The number of hydrogen-bond donors (Lipinski definition) is 1. The number of carbonyl (C=O) groups is 3. The number of rotatable bonds is 3. The summed E-state index contributed by atoms with van der Waals surface area (Å²) in [5, 5.41) is 11.5. The highest BCUT2D eigenvalue weighted by molar-refractivity contribution is 6.61. The van der Waals surface area contributed by atoms with Crippen LogP contribution in [-0.4, -0.2) is 58.0 Å². The predicted octanol–water partition coefficient (Wildman–Crippen LogP) is 3.80. The van der Waals surface area contributed by atoms with Crippen LogP contribution in [0.2, 0.25) is 0 Å². The molecule has 1 N–H and O–H groups in total. The van der Waals surface area contributed by atoms with Gasteiger partial charge in [-0.2, -0.15) is 0 Å². The number of Topliss-reactive ketones (excluding diaryl/α,β-unsaturated/α-hetero) is 1. The van der Waals surface area contributed by atoms with E-state index in [4.69, 9.17) is 25.8 Å². The Hall–Kier alpha value is -1.61. The molecule has 5 aliphatic rings. The average molecular weight is 497 g/mol. The van der Waals surface area contributed by atoms with Gasteiger partial charge in [-0.25, -0.2) is 9.18 Å². The van der Waals surface area contributed by atoms with Crippen molar-refractivity contribution in [3.8, 4) is 0 Å². The van der Waals surface area contributed by atoms with E-state index in [0.29, 0.717) is 18.4 Å². The summed E-state index contributed by atoms with van der Waals surface area (Å²) in [6.45, 7) is 6.38. The van der Waals surface area contributed by atoms with Gasteiger partial charge in [0.2, 0.25) is 5.78 Å². The summed E-state index contributed by atoms with van der Waals surface area (Å²) >= 11 is 5.31. The maximum absolute atomic E-state index is 17.3. The number of alkyl halides is 1. The molecular formula is C25H30ClFO7. The van der Waals surface area contributed by atoms with Gasteiger partial charge >= 0.3 is 5.43 Å². The standard InChI is InChI=1S/C25H30ClFO7/c1-21(2)33-19-10-16-15-6-5-13-9-14(28)7-8-22(13,3)24(15,27)17(29)11-23(16,4)25(19,34-21)18(30)12-32-20(26)31/h5,7-8,15-17,19,29H,6,9-12H2,1-4H3/t15?,16?,17-,19+,22-,23-,24-,25+/m0/s1. The number of allylic oxidation sites excluding steroid dienone is 4. The molecule has 0 bridgehead atoms. The van der Waals surface area contributed by atoms with Crippen molar-refractivity contribution in [1.82, 2.24) is 0 Å². The molecule has 1 aliphatic heterocycles. The molecule has 186 valence electrons. The Morgan fingerprint density at radius 3 is 2.65 bits per heavy atom. The van der Waals surface area contributed by atoms with E-state index in [1.807, 2.05) is 13.0 Å². The molecule has 0 amide bonds. The van der Waals surface area contributed by atoms with E-state index in [9.17, 15) is 19.5 Å². The van der Waals surface area contributed by atoms with Crippen LogP contribution in [0.4, 0.5) is 9.18 Å². The lowest BCUT2D eigenvalue weighted by Crippen LogP contribution is -2.69. The molecule has 4 aliphatic carbocycles. The fraction of sp³-hybridized carbons (Fsp3) is 0.720. The van der Waals surface area contributed by atoms with Gasteiger partial charge in [0.15, 0.2) is 29.4 Å². The number of aliphatic hydroxyl groups is 1. The average Bonchev–Trinajstić information content (AvgIpc) is 3.14. The summed E-state index contributed by atoms with van der Waals surface area (Å²) in [6.07, 6.45) is 3.57. The molecule has 0 aromatic heterocycles. The zero-order valence-electron chi connectivity index (χ0n) is 19.7. The number of halogens is 2. The molecule has 0 radical (unpaired) electrons. The minimum absolute atomic E-state index is 0.0498. The van der Waals surface area contributed by atoms with E-state index >= 15 is 4.39 Å².